The van der Waals surface area contributed by atoms with Crippen LogP contribution < -0.4 is 0 Å². The molecule has 2 rings (SSSR count). The molecule has 0 saturated carbocycles. The van der Waals surface area contributed by atoms with Crippen LogP contribution in [-0.2, 0) is 19.1 Å². The van der Waals surface area contributed by atoms with Gasteiger partial charge >= 0.3 is 11.6 Å². The van der Waals surface area contributed by atoms with Gasteiger partial charge in [-0.3, -0.25) is 14.5 Å². The van der Waals surface area contributed by atoms with Crippen LogP contribution in [0.15, 0.2) is 0 Å². The van der Waals surface area contributed by atoms with Crippen LogP contribution in [0.1, 0.15) is 88.5 Å². The van der Waals surface area contributed by atoms with Crippen molar-refractivity contribution in [3.8, 4) is 0 Å². The monoisotopic (exact) mass is 452 g/mol. The van der Waals surface area contributed by atoms with E-state index >= 15 is 0 Å². The summed E-state index contributed by atoms with van der Waals surface area (Å²) in [5.74, 6) is 1.02. The molecule has 2 heterocycles. The molecule has 8 heteroatoms. The molecular formula is C24H44N4O4. The predicted molar refractivity (Wildman–Crippen MR) is 125 cm³/mol. The molecule has 0 spiro atoms. The van der Waals surface area contributed by atoms with Gasteiger partial charge in [0.05, 0.1) is 25.3 Å². The van der Waals surface area contributed by atoms with Crippen LogP contribution >= 0.6 is 0 Å². The molecule has 0 aliphatic carbocycles. The standard InChI is InChI=1S/C12H21N3O2.C12H23NO2/c1-8(2)6-10-7-17-12(4,5)15(10)11(16)9(3)14-13;1-6-11(14)13-10(7-9(2)3)8-15-12(13,4)5/h8,10H,6-7H2,1-5H3;9-10H,6-8H2,1-5H3/t2*10-/m00/s1. The largest absolute Gasteiger partial charge is 0.361 e. The summed E-state index contributed by atoms with van der Waals surface area (Å²) in [5.41, 5.74) is 7.74. The summed E-state index contributed by atoms with van der Waals surface area (Å²) in [6.07, 6.45) is 2.46. The first-order valence-corrected chi connectivity index (χ1v) is 11.8. The molecule has 0 aromatic heterocycles. The lowest BCUT2D eigenvalue weighted by atomic mass is 10.0. The SMILES string of the molecule is CC(=[N+]=[N-])C(=O)N1[C@@H](CC(C)C)COC1(C)C.CCC(=O)N1[C@@H](CC(C)C)COC1(C)C. The maximum Gasteiger partial charge on any atom is 0.353 e. The number of nitrogens with zero attached hydrogens (tertiary/aromatic N) is 4. The second kappa shape index (κ2) is 11.4. The molecule has 0 unspecified atom stereocenters. The molecule has 0 N–H and O–H groups in total. The Morgan fingerprint density at radius 2 is 1.34 bits per heavy atom. The van der Waals surface area contributed by atoms with E-state index in [-0.39, 0.29) is 29.6 Å². The number of hydrogen-bond donors (Lipinski definition) is 0. The van der Waals surface area contributed by atoms with Crippen LogP contribution in [0.4, 0.5) is 0 Å². The summed E-state index contributed by atoms with van der Waals surface area (Å²) in [5, 5.41) is 0. The Morgan fingerprint density at radius 1 is 0.938 bits per heavy atom. The lowest BCUT2D eigenvalue weighted by Crippen LogP contribution is -2.50. The van der Waals surface area contributed by atoms with Crippen LogP contribution in [-0.4, -0.2) is 68.9 Å². The fraction of sp³-hybridized carbons (Fsp3) is 0.875. The van der Waals surface area contributed by atoms with Crippen molar-refractivity contribution in [3.05, 3.63) is 5.53 Å². The van der Waals surface area contributed by atoms with E-state index < -0.39 is 11.4 Å². The minimum atomic E-state index is -0.636. The Balaban J connectivity index is 0.000000323. The molecule has 0 aromatic carbocycles. The third-order valence-electron chi connectivity index (χ3n) is 5.88. The van der Waals surface area contributed by atoms with E-state index in [1.165, 1.54) is 6.92 Å². The third kappa shape index (κ3) is 7.12. The van der Waals surface area contributed by atoms with Gasteiger partial charge in [0.2, 0.25) is 5.91 Å². The highest BCUT2D eigenvalue weighted by Gasteiger charge is 2.46. The zero-order valence-electron chi connectivity index (χ0n) is 21.8. The van der Waals surface area contributed by atoms with Crippen LogP contribution in [0.3, 0.4) is 0 Å². The first kappa shape index (κ1) is 28.3. The normalized spacial score (nSPS) is 23.8. The number of hydrogen-bond acceptors (Lipinski definition) is 4. The molecule has 2 saturated heterocycles. The second-order valence-corrected chi connectivity index (χ2v) is 10.6. The lowest BCUT2D eigenvalue weighted by Gasteiger charge is -2.34. The van der Waals surface area contributed by atoms with Crippen LogP contribution in [0.5, 0.6) is 0 Å². The van der Waals surface area contributed by atoms with Crippen molar-refractivity contribution in [1.82, 2.24) is 9.80 Å². The van der Waals surface area contributed by atoms with Gasteiger partial charge in [-0.1, -0.05) is 34.6 Å². The average molecular weight is 453 g/mol. The van der Waals surface area contributed by atoms with Gasteiger partial charge in [-0.15, -0.1) is 0 Å². The number of rotatable bonds is 6. The summed E-state index contributed by atoms with van der Waals surface area (Å²) in [7, 11) is 0. The summed E-state index contributed by atoms with van der Waals surface area (Å²) in [6, 6.07) is 0.307. The third-order valence-corrected chi connectivity index (χ3v) is 5.88. The number of ether oxygens (including phenoxy) is 2. The van der Waals surface area contributed by atoms with E-state index in [1.807, 2.05) is 39.5 Å². The van der Waals surface area contributed by atoms with Crippen molar-refractivity contribution in [2.45, 2.75) is 112 Å². The zero-order chi connectivity index (χ0) is 24.9. The van der Waals surface area contributed by atoms with E-state index in [0.717, 1.165) is 12.8 Å². The van der Waals surface area contributed by atoms with Crippen molar-refractivity contribution in [2.75, 3.05) is 13.2 Å². The molecule has 0 bridgehead atoms. The first-order valence-electron chi connectivity index (χ1n) is 11.8. The Bertz CT molecular complexity index is 711. The van der Waals surface area contributed by atoms with Crippen molar-refractivity contribution in [2.24, 2.45) is 11.8 Å². The minimum Gasteiger partial charge on any atom is -0.361 e. The molecule has 184 valence electrons. The van der Waals surface area contributed by atoms with Gasteiger partial charge in [-0.05, 0) is 52.4 Å². The Labute approximate surface area is 194 Å². The highest BCUT2D eigenvalue weighted by molar-refractivity contribution is 6.35. The lowest BCUT2D eigenvalue weighted by molar-refractivity contribution is -0.146. The molecular weight excluding hydrogens is 408 g/mol. The Kier molecular flexibility index (Phi) is 10.1. The molecule has 0 radical (unpaired) electrons. The minimum absolute atomic E-state index is 0.0502. The highest BCUT2D eigenvalue weighted by Crippen LogP contribution is 2.31. The zero-order valence-corrected chi connectivity index (χ0v) is 21.8. The maximum absolute atomic E-state index is 12.1. The molecule has 2 aliphatic heterocycles. The first-order chi connectivity index (χ1) is 14.7. The van der Waals surface area contributed by atoms with Gasteiger partial charge in [0.25, 0.3) is 0 Å². The quantitative estimate of drug-likeness (QED) is 0.344. The van der Waals surface area contributed by atoms with E-state index in [1.54, 1.807) is 4.90 Å². The van der Waals surface area contributed by atoms with E-state index in [4.69, 9.17) is 15.0 Å². The average Bonchev–Trinajstić information content (AvgIpc) is 3.14. The fourth-order valence-corrected chi connectivity index (χ4v) is 4.50. The van der Waals surface area contributed by atoms with Gasteiger partial charge in [0, 0.05) is 13.3 Å². The Morgan fingerprint density at radius 3 is 1.72 bits per heavy atom. The second-order valence-electron chi connectivity index (χ2n) is 10.6. The summed E-state index contributed by atoms with van der Waals surface area (Å²) in [6.45, 7) is 20.9. The van der Waals surface area contributed by atoms with Crippen molar-refractivity contribution < 1.29 is 23.9 Å². The van der Waals surface area contributed by atoms with Crippen LogP contribution in [0.25, 0.3) is 5.53 Å². The molecule has 2 atom stereocenters. The number of amides is 2. The molecule has 2 amide bonds. The topological polar surface area (TPSA) is 95.5 Å². The van der Waals surface area contributed by atoms with Crippen molar-refractivity contribution in [3.63, 3.8) is 0 Å². The van der Waals surface area contributed by atoms with E-state index in [9.17, 15) is 9.59 Å². The molecule has 2 fully saturated rings. The Hall–Kier alpha value is -1.76. The highest BCUT2D eigenvalue weighted by atomic mass is 16.5. The van der Waals surface area contributed by atoms with Gasteiger partial charge in [0.15, 0.2) is 0 Å². The number of carbonyl (C=O) groups is 2. The molecule has 0 aromatic rings. The molecule has 32 heavy (non-hydrogen) atoms. The van der Waals surface area contributed by atoms with Gasteiger partial charge in [0.1, 0.15) is 11.4 Å². The predicted octanol–water partition coefficient (Wildman–Crippen LogP) is 4.09. The van der Waals surface area contributed by atoms with Crippen LogP contribution in [0.2, 0.25) is 0 Å². The van der Waals surface area contributed by atoms with Gasteiger partial charge in [-0.25, -0.2) is 0 Å². The summed E-state index contributed by atoms with van der Waals surface area (Å²) in [4.78, 5) is 30.6. The van der Waals surface area contributed by atoms with Crippen LogP contribution in [0, 0.1) is 11.8 Å². The molecule has 8 nitrogen and oxygen atoms in total. The van der Waals surface area contributed by atoms with Gasteiger partial charge < -0.3 is 19.9 Å². The van der Waals surface area contributed by atoms with E-state index in [2.05, 4.69) is 32.5 Å². The van der Waals surface area contributed by atoms with E-state index in [0.29, 0.717) is 31.5 Å². The maximum atomic E-state index is 12.1. The fourth-order valence-electron chi connectivity index (χ4n) is 4.50. The summed E-state index contributed by atoms with van der Waals surface area (Å²) >= 11 is 0. The summed E-state index contributed by atoms with van der Waals surface area (Å²) < 4.78 is 11.3. The smallest absolute Gasteiger partial charge is 0.353 e. The van der Waals surface area contributed by atoms with Crippen molar-refractivity contribution in [1.29, 1.82) is 0 Å². The molecule has 2 aliphatic rings. The van der Waals surface area contributed by atoms with Crippen molar-refractivity contribution >= 4 is 17.5 Å². The number of carbonyl (C=O) groups excluding carboxylic acids is 2. The van der Waals surface area contributed by atoms with Gasteiger partial charge in [-0.2, -0.15) is 4.79 Å².